The van der Waals surface area contributed by atoms with Crippen LogP contribution in [0.2, 0.25) is 0 Å². The molecule has 19 heavy (non-hydrogen) atoms. The molecule has 1 aliphatic heterocycles. The summed E-state index contributed by atoms with van der Waals surface area (Å²) in [5.41, 5.74) is 0.259. The van der Waals surface area contributed by atoms with Crippen LogP contribution in [0.3, 0.4) is 0 Å². The van der Waals surface area contributed by atoms with Crippen LogP contribution in [0.5, 0.6) is 0 Å². The lowest BCUT2D eigenvalue weighted by Gasteiger charge is -2.20. The van der Waals surface area contributed by atoms with Crippen molar-refractivity contribution in [2.75, 3.05) is 17.4 Å². The quantitative estimate of drug-likeness (QED) is 0.802. The Labute approximate surface area is 116 Å². The summed E-state index contributed by atoms with van der Waals surface area (Å²) in [6.45, 7) is 0. The SMILES string of the molecule is O=S1(=O)CCC(C(CCl)Cc2cc(F)ccc2F)C1. The summed E-state index contributed by atoms with van der Waals surface area (Å²) in [7, 11) is -2.99. The molecule has 2 rings (SSSR count). The molecule has 0 radical (unpaired) electrons. The maximum atomic E-state index is 13.6. The highest BCUT2D eigenvalue weighted by Crippen LogP contribution is 2.30. The number of hydrogen-bond donors (Lipinski definition) is 0. The Kier molecular flexibility index (Phi) is 4.46. The van der Waals surface area contributed by atoms with Gasteiger partial charge >= 0.3 is 0 Å². The van der Waals surface area contributed by atoms with Crippen LogP contribution in [0.1, 0.15) is 12.0 Å². The minimum atomic E-state index is -2.99. The summed E-state index contributed by atoms with van der Waals surface area (Å²) in [6, 6.07) is 3.30. The van der Waals surface area contributed by atoms with Gasteiger partial charge in [0.25, 0.3) is 0 Å². The van der Waals surface area contributed by atoms with Gasteiger partial charge in [-0.15, -0.1) is 11.6 Å². The van der Waals surface area contributed by atoms with Crippen molar-refractivity contribution >= 4 is 21.4 Å². The van der Waals surface area contributed by atoms with Crippen LogP contribution in [0.4, 0.5) is 8.78 Å². The van der Waals surface area contributed by atoms with Crippen LogP contribution in [0.25, 0.3) is 0 Å². The van der Waals surface area contributed by atoms with Crippen LogP contribution >= 0.6 is 11.6 Å². The Morgan fingerprint density at radius 3 is 2.68 bits per heavy atom. The van der Waals surface area contributed by atoms with E-state index in [1.165, 1.54) is 0 Å². The van der Waals surface area contributed by atoms with Gasteiger partial charge in [0.1, 0.15) is 11.6 Å². The number of rotatable bonds is 4. The zero-order chi connectivity index (χ0) is 14.0. The molecular formula is C13H15ClF2O2S. The van der Waals surface area contributed by atoms with Crippen LogP contribution in [-0.2, 0) is 16.3 Å². The van der Waals surface area contributed by atoms with Gasteiger partial charge in [-0.3, -0.25) is 0 Å². The van der Waals surface area contributed by atoms with Gasteiger partial charge in [0, 0.05) is 5.88 Å². The van der Waals surface area contributed by atoms with Crippen molar-refractivity contribution in [2.24, 2.45) is 11.8 Å². The molecule has 0 saturated carbocycles. The highest BCUT2D eigenvalue weighted by atomic mass is 35.5. The highest BCUT2D eigenvalue weighted by Gasteiger charge is 2.33. The van der Waals surface area contributed by atoms with Crippen molar-refractivity contribution < 1.29 is 17.2 Å². The number of sulfone groups is 1. The molecule has 1 heterocycles. The number of benzene rings is 1. The summed E-state index contributed by atoms with van der Waals surface area (Å²) < 4.78 is 49.6. The van der Waals surface area contributed by atoms with Gasteiger partial charge in [-0.2, -0.15) is 0 Å². The van der Waals surface area contributed by atoms with Gasteiger partial charge in [0.15, 0.2) is 9.84 Å². The minimum Gasteiger partial charge on any atom is -0.229 e. The maximum Gasteiger partial charge on any atom is 0.150 e. The topological polar surface area (TPSA) is 34.1 Å². The van der Waals surface area contributed by atoms with Crippen LogP contribution in [0, 0.1) is 23.5 Å². The van der Waals surface area contributed by atoms with Crippen molar-refractivity contribution in [1.29, 1.82) is 0 Å². The first-order valence-corrected chi connectivity index (χ1v) is 8.47. The Balaban J connectivity index is 2.13. The third-order valence-corrected chi connectivity index (χ3v) is 5.81. The highest BCUT2D eigenvalue weighted by molar-refractivity contribution is 7.91. The molecule has 0 aliphatic carbocycles. The monoisotopic (exact) mass is 308 g/mol. The van der Waals surface area contributed by atoms with Crippen molar-refractivity contribution in [2.45, 2.75) is 12.8 Å². The molecule has 0 aromatic heterocycles. The molecule has 1 aromatic carbocycles. The smallest absolute Gasteiger partial charge is 0.150 e. The lowest BCUT2D eigenvalue weighted by atomic mass is 9.87. The first-order valence-electron chi connectivity index (χ1n) is 6.11. The zero-order valence-electron chi connectivity index (χ0n) is 10.3. The van der Waals surface area contributed by atoms with E-state index in [9.17, 15) is 17.2 Å². The van der Waals surface area contributed by atoms with E-state index >= 15 is 0 Å². The molecule has 0 N–H and O–H groups in total. The summed E-state index contributed by atoms with van der Waals surface area (Å²) in [4.78, 5) is 0. The van der Waals surface area contributed by atoms with Crippen molar-refractivity contribution in [3.8, 4) is 0 Å². The molecule has 106 valence electrons. The normalized spacial score (nSPS) is 23.4. The lowest BCUT2D eigenvalue weighted by molar-refractivity contribution is 0.391. The van der Waals surface area contributed by atoms with Gasteiger partial charge in [-0.1, -0.05) is 0 Å². The van der Waals surface area contributed by atoms with Crippen molar-refractivity contribution in [3.63, 3.8) is 0 Å². The summed E-state index contributed by atoms with van der Waals surface area (Å²) in [6.07, 6.45) is 0.823. The summed E-state index contributed by atoms with van der Waals surface area (Å²) >= 11 is 5.87. The predicted molar refractivity (Wildman–Crippen MR) is 71.0 cm³/mol. The second-order valence-corrected chi connectivity index (χ2v) is 7.55. The second kappa shape index (κ2) is 5.75. The van der Waals surface area contributed by atoms with E-state index in [1.807, 2.05) is 0 Å². The second-order valence-electron chi connectivity index (χ2n) is 5.02. The third-order valence-electron chi connectivity index (χ3n) is 3.62. The molecule has 0 amide bonds. The van der Waals surface area contributed by atoms with Crippen molar-refractivity contribution in [1.82, 2.24) is 0 Å². The molecule has 1 saturated heterocycles. The molecule has 2 atom stereocenters. The Hall–Kier alpha value is -0.680. The third kappa shape index (κ3) is 3.66. The molecule has 0 bridgehead atoms. The molecule has 1 fully saturated rings. The first-order chi connectivity index (χ1) is 8.91. The Bertz CT molecular complexity index is 560. The summed E-state index contributed by atoms with van der Waals surface area (Å²) in [5, 5.41) is 0. The minimum absolute atomic E-state index is 0.0647. The average molecular weight is 309 g/mol. The summed E-state index contributed by atoms with van der Waals surface area (Å²) in [5.74, 6) is -0.671. The van der Waals surface area contributed by atoms with Crippen LogP contribution < -0.4 is 0 Å². The fourth-order valence-corrected chi connectivity index (χ4v) is 4.81. The van der Waals surface area contributed by atoms with E-state index in [0.29, 0.717) is 6.42 Å². The molecule has 0 spiro atoms. The molecule has 6 heteroatoms. The first kappa shape index (κ1) is 14.7. The predicted octanol–water partition coefficient (Wildman–Crippen LogP) is 2.80. The number of halogens is 3. The van der Waals surface area contributed by atoms with Gasteiger partial charge in [-0.05, 0) is 48.4 Å². The molecule has 2 unspecified atom stereocenters. The fraction of sp³-hybridized carbons (Fsp3) is 0.538. The molecular weight excluding hydrogens is 294 g/mol. The van der Waals surface area contributed by atoms with Gasteiger partial charge in [-0.25, -0.2) is 17.2 Å². The Morgan fingerprint density at radius 1 is 1.37 bits per heavy atom. The van der Waals surface area contributed by atoms with Crippen LogP contribution in [0.15, 0.2) is 18.2 Å². The van der Waals surface area contributed by atoms with E-state index in [1.54, 1.807) is 0 Å². The lowest BCUT2D eigenvalue weighted by Crippen LogP contribution is -2.21. The molecule has 2 nitrogen and oxygen atoms in total. The van der Waals surface area contributed by atoms with E-state index in [4.69, 9.17) is 11.6 Å². The van der Waals surface area contributed by atoms with E-state index in [0.717, 1.165) is 18.2 Å². The van der Waals surface area contributed by atoms with Crippen LogP contribution in [-0.4, -0.2) is 25.8 Å². The number of hydrogen-bond acceptors (Lipinski definition) is 2. The van der Waals surface area contributed by atoms with Gasteiger partial charge < -0.3 is 0 Å². The zero-order valence-corrected chi connectivity index (χ0v) is 11.9. The fourth-order valence-electron chi connectivity index (χ4n) is 2.52. The maximum absolute atomic E-state index is 13.6. The van der Waals surface area contributed by atoms with E-state index in [-0.39, 0.29) is 41.2 Å². The van der Waals surface area contributed by atoms with E-state index in [2.05, 4.69) is 0 Å². The standard InChI is InChI=1S/C13H15ClF2O2S/c14-7-11(9-3-4-19(17,18)8-9)5-10-6-12(15)1-2-13(10)16/h1-2,6,9,11H,3-5,7-8H2. The molecule has 1 aliphatic rings. The van der Waals surface area contributed by atoms with Gasteiger partial charge in [0.05, 0.1) is 11.5 Å². The average Bonchev–Trinajstić information content (AvgIpc) is 2.70. The van der Waals surface area contributed by atoms with Gasteiger partial charge in [0.2, 0.25) is 0 Å². The number of alkyl halides is 1. The van der Waals surface area contributed by atoms with Crippen molar-refractivity contribution in [3.05, 3.63) is 35.4 Å². The Morgan fingerprint density at radius 2 is 2.11 bits per heavy atom. The molecule has 1 aromatic rings. The van der Waals surface area contributed by atoms with E-state index < -0.39 is 21.5 Å². The largest absolute Gasteiger partial charge is 0.229 e.